The van der Waals surface area contributed by atoms with Gasteiger partial charge < -0.3 is 4.72 Å². The first-order chi connectivity index (χ1) is 6.16. The van der Waals surface area contributed by atoms with E-state index >= 15 is 0 Å². The molecule has 68 valence electrons. The Morgan fingerprint density at radius 3 is 3.08 bits per heavy atom. The van der Waals surface area contributed by atoms with Crippen molar-refractivity contribution in [3.8, 4) is 0 Å². The molecule has 0 amide bonds. The first-order valence-corrected chi connectivity index (χ1v) is 5.63. The molecule has 0 aliphatic carbocycles. The Labute approximate surface area is 94.0 Å². The summed E-state index contributed by atoms with van der Waals surface area (Å²) in [6, 6.07) is 4.10. The first kappa shape index (κ1) is 9.37. The van der Waals surface area contributed by atoms with Gasteiger partial charge in [0, 0.05) is 4.47 Å². The molecule has 2 nitrogen and oxygen atoms in total. The molecule has 1 aliphatic rings. The van der Waals surface area contributed by atoms with E-state index in [9.17, 15) is 0 Å². The minimum absolute atomic E-state index is 0.419. The molecule has 0 bridgehead atoms. The van der Waals surface area contributed by atoms with Gasteiger partial charge in [-0.1, -0.05) is 0 Å². The molecule has 1 aromatic rings. The highest BCUT2D eigenvalue weighted by molar-refractivity contribution is 9.10. The Bertz CT molecular complexity index is 392. The Balaban J connectivity index is 2.61. The second-order valence-corrected chi connectivity index (χ2v) is 4.76. The summed E-state index contributed by atoms with van der Waals surface area (Å²) in [6.45, 7) is 2.05. The Hall–Kier alpha value is -0.190. The van der Waals surface area contributed by atoms with Crippen LogP contribution in [0.15, 0.2) is 26.5 Å². The lowest BCUT2D eigenvalue weighted by Crippen LogP contribution is -2.11. The van der Waals surface area contributed by atoms with Crippen LogP contribution in [0.5, 0.6) is 0 Å². The average molecular weight is 278 g/mol. The number of nitrogens with zero attached hydrogens (tertiary/aromatic N) is 1. The van der Waals surface area contributed by atoms with Crippen LogP contribution in [-0.2, 0) is 0 Å². The maximum atomic E-state index is 5.75. The normalized spacial score (nSPS) is 14.5. The zero-order valence-corrected chi connectivity index (χ0v) is 9.92. The van der Waals surface area contributed by atoms with Gasteiger partial charge in [-0.2, -0.15) is 0 Å². The number of benzene rings is 1. The highest BCUT2D eigenvalue weighted by Crippen LogP contribution is 2.38. The van der Waals surface area contributed by atoms with Crippen molar-refractivity contribution in [2.45, 2.75) is 11.8 Å². The molecule has 0 saturated heterocycles. The molecule has 0 saturated carbocycles. The third-order valence-electron chi connectivity index (χ3n) is 1.63. The zero-order valence-electron chi connectivity index (χ0n) is 6.77. The topological polar surface area (TPSA) is 24.4 Å². The van der Waals surface area contributed by atoms with E-state index < -0.39 is 0 Å². The third kappa shape index (κ3) is 1.85. The van der Waals surface area contributed by atoms with Crippen LogP contribution in [0, 0.1) is 6.92 Å². The fourth-order valence-electron chi connectivity index (χ4n) is 1.11. The van der Waals surface area contributed by atoms with Gasteiger partial charge in [0.25, 0.3) is 0 Å². The molecule has 1 N–H and O–H groups in total. The van der Waals surface area contributed by atoms with Gasteiger partial charge in [-0.15, -0.1) is 0 Å². The second kappa shape index (κ2) is 3.52. The summed E-state index contributed by atoms with van der Waals surface area (Å²) in [5.41, 5.74) is 2.10. The summed E-state index contributed by atoms with van der Waals surface area (Å²) in [5, 5.41) is 0.419. The second-order valence-electron chi connectivity index (χ2n) is 2.70. The van der Waals surface area contributed by atoms with Crippen molar-refractivity contribution >= 4 is 50.5 Å². The first-order valence-electron chi connectivity index (χ1n) is 3.64. The summed E-state index contributed by atoms with van der Waals surface area (Å²) in [5.74, 6) is 0. The van der Waals surface area contributed by atoms with Crippen LogP contribution in [0.1, 0.15) is 5.56 Å². The molecule has 5 heteroatoms. The molecule has 13 heavy (non-hydrogen) atoms. The molecule has 0 fully saturated rings. The summed E-state index contributed by atoms with van der Waals surface area (Å²) < 4.78 is 3.89. The van der Waals surface area contributed by atoms with Crippen LogP contribution in [0.2, 0.25) is 0 Å². The number of nitrogens with one attached hydrogen (secondary N) is 1. The lowest BCUT2D eigenvalue weighted by Gasteiger charge is -2.14. The van der Waals surface area contributed by atoms with Gasteiger partial charge in [-0.05, 0) is 64.1 Å². The molecule has 1 aromatic carbocycles. The van der Waals surface area contributed by atoms with E-state index in [1.165, 1.54) is 17.5 Å². The minimum Gasteiger partial charge on any atom is -0.300 e. The molecule has 0 atom stereocenters. The van der Waals surface area contributed by atoms with Crippen molar-refractivity contribution in [1.82, 2.24) is 4.72 Å². The van der Waals surface area contributed by atoms with Crippen molar-refractivity contribution in [1.29, 1.82) is 0 Å². The van der Waals surface area contributed by atoms with Crippen LogP contribution < -0.4 is 4.72 Å². The van der Waals surface area contributed by atoms with E-state index in [1.54, 1.807) is 0 Å². The zero-order chi connectivity index (χ0) is 9.42. The molecule has 1 aliphatic heterocycles. The standard InChI is InChI=1S/C8H6BrClN2S/c1-4-2-5(9)7-6(3-4)13-12-8(10)11-7/h2-3H,1H3,(H,11,12). The summed E-state index contributed by atoms with van der Waals surface area (Å²) in [6.07, 6.45) is 0. The molecule has 1 heterocycles. The summed E-state index contributed by atoms with van der Waals surface area (Å²) in [7, 11) is 0. The van der Waals surface area contributed by atoms with Crippen LogP contribution in [0.3, 0.4) is 0 Å². The lowest BCUT2D eigenvalue weighted by atomic mass is 10.2. The van der Waals surface area contributed by atoms with Gasteiger partial charge >= 0.3 is 0 Å². The van der Waals surface area contributed by atoms with E-state index in [1.807, 2.05) is 13.0 Å². The Morgan fingerprint density at radius 2 is 2.31 bits per heavy atom. The number of aliphatic imine (C=N–C) groups is 1. The van der Waals surface area contributed by atoms with Gasteiger partial charge in [-0.3, -0.25) is 0 Å². The van der Waals surface area contributed by atoms with E-state index in [4.69, 9.17) is 11.6 Å². The van der Waals surface area contributed by atoms with Gasteiger partial charge in [0.1, 0.15) is 0 Å². The average Bonchev–Trinajstić information content (AvgIpc) is 2.06. The number of hydrogen-bond donors (Lipinski definition) is 1. The van der Waals surface area contributed by atoms with E-state index in [0.29, 0.717) is 5.29 Å². The monoisotopic (exact) mass is 276 g/mol. The molecular weight excluding hydrogens is 272 g/mol. The van der Waals surface area contributed by atoms with E-state index in [0.717, 1.165) is 15.1 Å². The van der Waals surface area contributed by atoms with Gasteiger partial charge in [0.2, 0.25) is 5.29 Å². The largest absolute Gasteiger partial charge is 0.300 e. The summed E-state index contributed by atoms with van der Waals surface area (Å²) in [4.78, 5) is 5.28. The number of hydrogen-bond acceptors (Lipinski definition) is 3. The van der Waals surface area contributed by atoms with Crippen LogP contribution in [0.4, 0.5) is 5.69 Å². The van der Waals surface area contributed by atoms with Crippen LogP contribution >= 0.6 is 39.5 Å². The molecule has 2 rings (SSSR count). The fourth-order valence-corrected chi connectivity index (χ4v) is 2.84. The van der Waals surface area contributed by atoms with E-state index in [-0.39, 0.29) is 0 Å². The van der Waals surface area contributed by atoms with Crippen molar-refractivity contribution in [3.05, 3.63) is 22.2 Å². The third-order valence-corrected chi connectivity index (χ3v) is 3.35. The van der Waals surface area contributed by atoms with Crippen molar-refractivity contribution in [2.75, 3.05) is 0 Å². The van der Waals surface area contributed by atoms with Gasteiger partial charge in [0.05, 0.1) is 10.6 Å². The van der Waals surface area contributed by atoms with Crippen molar-refractivity contribution in [2.24, 2.45) is 4.99 Å². The molecule has 0 unspecified atom stereocenters. The van der Waals surface area contributed by atoms with Crippen molar-refractivity contribution < 1.29 is 0 Å². The molecular formula is C8H6BrClN2S. The number of amidine groups is 1. The molecule has 0 aromatic heterocycles. The van der Waals surface area contributed by atoms with Gasteiger partial charge in [0.15, 0.2) is 0 Å². The quantitative estimate of drug-likeness (QED) is 0.579. The smallest absolute Gasteiger partial charge is 0.206 e. The number of aryl methyl sites for hydroxylation is 1. The Morgan fingerprint density at radius 1 is 1.54 bits per heavy atom. The van der Waals surface area contributed by atoms with E-state index in [2.05, 4.69) is 31.7 Å². The highest BCUT2D eigenvalue weighted by Gasteiger charge is 2.13. The maximum Gasteiger partial charge on any atom is 0.206 e. The van der Waals surface area contributed by atoms with Gasteiger partial charge in [-0.25, -0.2) is 4.99 Å². The van der Waals surface area contributed by atoms with Crippen molar-refractivity contribution in [3.63, 3.8) is 0 Å². The van der Waals surface area contributed by atoms with Crippen LogP contribution in [0.25, 0.3) is 0 Å². The molecule has 0 radical (unpaired) electrons. The Kier molecular flexibility index (Phi) is 2.53. The fraction of sp³-hybridized carbons (Fsp3) is 0.125. The lowest BCUT2D eigenvalue weighted by molar-refractivity contribution is 1.26. The number of fused-ring (bicyclic) bond motifs is 1. The van der Waals surface area contributed by atoms with Crippen LogP contribution in [-0.4, -0.2) is 5.29 Å². The predicted octanol–water partition coefficient (Wildman–Crippen LogP) is 3.59. The predicted molar refractivity (Wildman–Crippen MR) is 60.8 cm³/mol. The molecule has 0 spiro atoms. The number of rotatable bonds is 0. The minimum atomic E-state index is 0.419. The highest BCUT2D eigenvalue weighted by atomic mass is 79.9. The maximum absolute atomic E-state index is 5.75. The number of halogens is 2. The summed E-state index contributed by atoms with van der Waals surface area (Å²) >= 11 is 10.7. The SMILES string of the molecule is Cc1cc(Br)c2c(c1)SNC(Cl)=N2.